The van der Waals surface area contributed by atoms with E-state index in [4.69, 9.17) is 0 Å². The minimum Gasteiger partial charge on any atom is -0.282 e. The maximum atomic E-state index is 12.6. The number of hydrogen-bond acceptors (Lipinski definition) is 1. The molecule has 0 saturated carbocycles. The highest BCUT2D eigenvalue weighted by Crippen LogP contribution is 2.20. The lowest BCUT2D eigenvalue weighted by atomic mass is 10.3. The summed E-state index contributed by atoms with van der Waals surface area (Å²) in [5.41, 5.74) is 0. The van der Waals surface area contributed by atoms with Crippen molar-refractivity contribution < 1.29 is 8.96 Å². The van der Waals surface area contributed by atoms with E-state index in [1.54, 1.807) is 12.1 Å². The Balaban J connectivity index is 2.81. The Morgan fingerprint density at radius 1 is 1.50 bits per heavy atom. The van der Waals surface area contributed by atoms with Gasteiger partial charge < -0.3 is 0 Å². The Morgan fingerprint density at radius 3 is 2.83 bits per heavy atom. The molecule has 0 aliphatic carbocycles. The molecule has 1 aromatic rings. The van der Waals surface area contributed by atoms with Gasteiger partial charge in [0, 0.05) is 11.5 Å². The topological polar surface area (TPSA) is 17.1 Å². The second-order valence-corrected chi connectivity index (χ2v) is 4.30. The average Bonchev–Trinajstić information content (AvgIpc) is 2.05. The predicted octanol–water partition coefficient (Wildman–Crippen LogP) is 2.69. The van der Waals surface area contributed by atoms with Crippen molar-refractivity contribution in [2.24, 2.45) is 0 Å². The van der Waals surface area contributed by atoms with E-state index in [2.05, 4.69) is 0 Å². The molecule has 0 aliphatic rings. The van der Waals surface area contributed by atoms with E-state index in [1.165, 1.54) is 12.1 Å². The van der Waals surface area contributed by atoms with Gasteiger partial charge in [0.2, 0.25) is 0 Å². The van der Waals surface area contributed by atoms with Crippen LogP contribution in [0.15, 0.2) is 24.3 Å². The van der Waals surface area contributed by atoms with Gasteiger partial charge in [-0.15, -0.1) is 0 Å². The van der Waals surface area contributed by atoms with Crippen LogP contribution in [-0.2, 0) is 4.57 Å². The quantitative estimate of drug-likeness (QED) is 0.661. The van der Waals surface area contributed by atoms with E-state index in [1.807, 2.05) is 6.92 Å². The van der Waals surface area contributed by atoms with E-state index in [9.17, 15) is 8.96 Å². The average molecular weight is 185 g/mol. The van der Waals surface area contributed by atoms with Crippen molar-refractivity contribution >= 4 is 13.1 Å². The van der Waals surface area contributed by atoms with Gasteiger partial charge in [0.1, 0.15) is 13.6 Å². The first-order valence-electron chi connectivity index (χ1n) is 3.94. The third kappa shape index (κ3) is 2.38. The molecule has 12 heavy (non-hydrogen) atoms. The second kappa shape index (κ2) is 4.32. The molecule has 0 heterocycles. The molecule has 0 N–H and O–H groups in total. The molecule has 0 fully saturated rings. The summed E-state index contributed by atoms with van der Waals surface area (Å²) in [4.78, 5) is 0. The molecule has 0 aromatic heterocycles. The lowest BCUT2D eigenvalue weighted by Gasteiger charge is -1.98. The molecule has 1 unspecified atom stereocenters. The van der Waals surface area contributed by atoms with Crippen LogP contribution >= 0.6 is 7.80 Å². The first-order chi connectivity index (χ1) is 5.74. The predicted molar refractivity (Wildman–Crippen MR) is 48.8 cm³/mol. The molecule has 0 bridgehead atoms. The Kier molecular flexibility index (Phi) is 3.36. The van der Waals surface area contributed by atoms with Gasteiger partial charge in [-0.1, -0.05) is 13.0 Å². The maximum absolute atomic E-state index is 12.6. The fraction of sp³-hybridized carbons (Fsp3) is 0.333. The van der Waals surface area contributed by atoms with Crippen LogP contribution in [0.2, 0.25) is 0 Å². The number of rotatable bonds is 3. The normalized spacial score (nSPS) is 11.3. The number of benzene rings is 1. The van der Waals surface area contributed by atoms with Crippen LogP contribution in [0.4, 0.5) is 4.39 Å². The molecule has 65 valence electrons. The highest BCUT2D eigenvalue weighted by Gasteiger charge is 2.03. The summed E-state index contributed by atoms with van der Waals surface area (Å²) in [5, 5.41) is 0.617. The molecule has 0 amide bonds. The molecule has 1 radical (unpaired) electrons. The zero-order valence-electron chi connectivity index (χ0n) is 6.96. The summed E-state index contributed by atoms with van der Waals surface area (Å²) in [7, 11) is -1.38. The van der Waals surface area contributed by atoms with E-state index >= 15 is 0 Å². The third-order valence-corrected chi connectivity index (χ3v) is 3.23. The summed E-state index contributed by atoms with van der Waals surface area (Å²) in [6.07, 6.45) is 1.50. The zero-order valence-corrected chi connectivity index (χ0v) is 7.85. The summed E-state index contributed by atoms with van der Waals surface area (Å²) in [6, 6.07) is 6.00. The minimum absolute atomic E-state index is 0.313. The monoisotopic (exact) mass is 185 g/mol. The molecule has 1 aromatic carbocycles. The largest absolute Gasteiger partial charge is 0.282 e. The smallest absolute Gasteiger partial charge is 0.124 e. The zero-order chi connectivity index (χ0) is 8.97. The van der Waals surface area contributed by atoms with Gasteiger partial charge in [-0.2, -0.15) is 0 Å². The molecule has 0 aliphatic heterocycles. The van der Waals surface area contributed by atoms with E-state index in [-0.39, 0.29) is 5.82 Å². The highest BCUT2D eigenvalue weighted by atomic mass is 31.1. The highest BCUT2D eigenvalue weighted by molar-refractivity contribution is 7.53. The van der Waals surface area contributed by atoms with Crippen molar-refractivity contribution in [1.82, 2.24) is 0 Å². The number of halogens is 1. The van der Waals surface area contributed by atoms with Crippen LogP contribution < -0.4 is 5.30 Å². The Hall–Kier alpha value is -0.750. The van der Waals surface area contributed by atoms with E-state index < -0.39 is 7.80 Å². The first kappa shape index (κ1) is 9.34. The van der Waals surface area contributed by atoms with Gasteiger partial charge in [-0.25, -0.2) is 4.39 Å². The Labute approximate surface area is 72.4 Å². The van der Waals surface area contributed by atoms with Crippen LogP contribution in [0.1, 0.15) is 13.3 Å². The summed E-state index contributed by atoms with van der Waals surface area (Å²) >= 11 is 0. The standard InChI is InChI=1S/C9H11FOP/c1-2-6-12(11)9-5-3-4-8(10)7-9/h3-5,7H,2,6H2,1H3. The minimum atomic E-state index is -1.38. The summed E-state index contributed by atoms with van der Waals surface area (Å²) in [5.74, 6) is -0.313. The third-order valence-electron chi connectivity index (χ3n) is 1.52. The SMILES string of the molecule is CCC[P](=O)c1cccc(F)c1. The van der Waals surface area contributed by atoms with Gasteiger partial charge >= 0.3 is 0 Å². The molecule has 0 spiro atoms. The van der Waals surface area contributed by atoms with Crippen molar-refractivity contribution in [2.45, 2.75) is 13.3 Å². The van der Waals surface area contributed by atoms with Crippen LogP contribution in [0.25, 0.3) is 0 Å². The van der Waals surface area contributed by atoms with Crippen molar-refractivity contribution in [2.75, 3.05) is 6.16 Å². The molecule has 1 rings (SSSR count). The summed E-state index contributed by atoms with van der Waals surface area (Å²) in [6.45, 7) is 1.96. The molecule has 3 heteroatoms. The van der Waals surface area contributed by atoms with Crippen LogP contribution in [0.5, 0.6) is 0 Å². The van der Waals surface area contributed by atoms with Gasteiger partial charge in [0.25, 0.3) is 0 Å². The summed E-state index contributed by atoms with van der Waals surface area (Å²) < 4.78 is 24.0. The van der Waals surface area contributed by atoms with Crippen LogP contribution in [-0.4, -0.2) is 6.16 Å². The lowest BCUT2D eigenvalue weighted by Crippen LogP contribution is -1.98. The van der Waals surface area contributed by atoms with Crippen molar-refractivity contribution in [3.8, 4) is 0 Å². The van der Waals surface area contributed by atoms with Crippen molar-refractivity contribution in [3.05, 3.63) is 30.1 Å². The molecule has 0 saturated heterocycles. The van der Waals surface area contributed by atoms with Gasteiger partial charge in [0.15, 0.2) is 0 Å². The molecular formula is C9H11FOP. The first-order valence-corrected chi connectivity index (χ1v) is 5.38. The maximum Gasteiger partial charge on any atom is 0.124 e. The van der Waals surface area contributed by atoms with Crippen LogP contribution in [0, 0.1) is 5.82 Å². The van der Waals surface area contributed by atoms with Gasteiger partial charge in [-0.05, 0) is 24.6 Å². The Bertz CT molecular complexity index is 286. The van der Waals surface area contributed by atoms with Gasteiger partial charge in [0.05, 0.1) is 0 Å². The molecule has 1 nitrogen and oxygen atoms in total. The lowest BCUT2D eigenvalue weighted by molar-refractivity contribution is 0.591. The second-order valence-electron chi connectivity index (χ2n) is 2.58. The van der Waals surface area contributed by atoms with Gasteiger partial charge in [-0.3, -0.25) is 4.57 Å². The van der Waals surface area contributed by atoms with Crippen LogP contribution in [0.3, 0.4) is 0 Å². The molecule has 1 atom stereocenters. The van der Waals surface area contributed by atoms with E-state index in [0.717, 1.165) is 6.42 Å². The Morgan fingerprint density at radius 2 is 2.25 bits per heavy atom. The fourth-order valence-electron chi connectivity index (χ4n) is 0.963. The fourth-order valence-corrected chi connectivity index (χ4v) is 2.15. The molecular weight excluding hydrogens is 174 g/mol. The number of hydrogen-bond donors (Lipinski definition) is 0. The van der Waals surface area contributed by atoms with Crippen molar-refractivity contribution in [3.63, 3.8) is 0 Å². The van der Waals surface area contributed by atoms with Crippen molar-refractivity contribution in [1.29, 1.82) is 0 Å². The van der Waals surface area contributed by atoms with E-state index in [0.29, 0.717) is 11.5 Å².